The molecule has 0 N–H and O–H groups in total. The topological polar surface area (TPSA) is 57.7 Å². The van der Waals surface area contributed by atoms with Crippen molar-refractivity contribution in [3.8, 4) is 0 Å². The molecule has 1 atom stereocenters. The van der Waals surface area contributed by atoms with Gasteiger partial charge in [-0.3, -0.25) is 4.79 Å². The lowest BCUT2D eigenvalue weighted by atomic mass is 9.98. The molecule has 5 nitrogen and oxygen atoms in total. The number of hydrogen-bond donors (Lipinski definition) is 0. The van der Waals surface area contributed by atoms with E-state index in [1.165, 1.54) is 15.2 Å². The van der Waals surface area contributed by atoms with Gasteiger partial charge in [0.25, 0.3) is 0 Å². The van der Waals surface area contributed by atoms with E-state index in [1.54, 1.807) is 23.5 Å². The van der Waals surface area contributed by atoms with Gasteiger partial charge in [-0.2, -0.15) is 4.31 Å². The number of piperidine rings is 1. The fourth-order valence-electron chi connectivity index (χ4n) is 3.82. The van der Waals surface area contributed by atoms with E-state index in [-0.39, 0.29) is 23.3 Å². The average Bonchev–Trinajstić information content (AvgIpc) is 3.43. The van der Waals surface area contributed by atoms with Gasteiger partial charge >= 0.3 is 0 Å². The summed E-state index contributed by atoms with van der Waals surface area (Å²) in [6, 6.07) is 9.16. The molecule has 1 aromatic carbocycles. The van der Waals surface area contributed by atoms with Crippen LogP contribution in [0.3, 0.4) is 0 Å². The average molecular weight is 453 g/mol. The first-order chi connectivity index (χ1) is 13.9. The number of nitrogens with zero attached hydrogens (tertiary/aromatic N) is 2. The second-order valence-corrected chi connectivity index (χ2v) is 11.3. The van der Waals surface area contributed by atoms with Crippen molar-refractivity contribution in [3.05, 3.63) is 51.2 Å². The molecule has 2 fully saturated rings. The van der Waals surface area contributed by atoms with Gasteiger partial charge in [0, 0.05) is 29.0 Å². The Hall–Kier alpha value is -1.41. The summed E-state index contributed by atoms with van der Waals surface area (Å²) in [5.41, 5.74) is 0.839. The Bertz CT molecular complexity index is 987. The molecule has 1 saturated carbocycles. The number of thiophene rings is 1. The summed E-state index contributed by atoms with van der Waals surface area (Å²) in [6.45, 7) is 3.14. The van der Waals surface area contributed by atoms with Gasteiger partial charge in [-0.1, -0.05) is 23.7 Å². The van der Waals surface area contributed by atoms with Crippen LogP contribution in [0.25, 0.3) is 0 Å². The number of halogens is 1. The molecule has 4 rings (SSSR count). The first-order valence-corrected chi connectivity index (χ1v) is 12.6. The SMILES string of the molecule is Cc1ccc(S(=O)(=O)N2CCCC(C(=O)N(Cc3cccs3)C3CC3)C2)cc1Cl. The van der Waals surface area contributed by atoms with Crippen LogP contribution in [0, 0.1) is 12.8 Å². The third-order valence-electron chi connectivity index (χ3n) is 5.69. The monoisotopic (exact) mass is 452 g/mol. The molecule has 8 heteroatoms. The number of rotatable bonds is 6. The van der Waals surface area contributed by atoms with E-state index >= 15 is 0 Å². The predicted molar refractivity (Wildman–Crippen MR) is 116 cm³/mol. The van der Waals surface area contributed by atoms with Crippen LogP contribution < -0.4 is 0 Å². The lowest BCUT2D eigenvalue weighted by Gasteiger charge is -2.34. The summed E-state index contributed by atoms with van der Waals surface area (Å²) >= 11 is 7.80. The Morgan fingerprint density at radius 1 is 1.28 bits per heavy atom. The molecule has 0 bridgehead atoms. The molecule has 1 saturated heterocycles. The standard InChI is InChI=1S/C21H25ClN2O3S2/c1-15-6-9-19(12-20(15)22)29(26,27)23-10-2-4-16(13-23)21(25)24(17-7-8-17)14-18-5-3-11-28-18/h3,5-6,9,11-12,16-17H,2,4,7-8,10,13-14H2,1H3. The lowest BCUT2D eigenvalue weighted by Crippen LogP contribution is -2.47. The molecule has 1 amide bonds. The minimum Gasteiger partial charge on any atom is -0.334 e. The number of benzene rings is 1. The van der Waals surface area contributed by atoms with Gasteiger partial charge < -0.3 is 4.90 Å². The molecular formula is C21H25ClN2O3S2. The maximum Gasteiger partial charge on any atom is 0.243 e. The fourth-order valence-corrected chi connectivity index (χ4v) is 6.32. The minimum absolute atomic E-state index is 0.0859. The van der Waals surface area contributed by atoms with Crippen molar-refractivity contribution in [2.75, 3.05) is 13.1 Å². The van der Waals surface area contributed by atoms with Crippen molar-refractivity contribution in [2.45, 2.75) is 50.1 Å². The zero-order valence-electron chi connectivity index (χ0n) is 16.4. The van der Waals surface area contributed by atoms with Crippen LogP contribution in [-0.2, 0) is 21.4 Å². The van der Waals surface area contributed by atoms with Crippen molar-refractivity contribution >= 4 is 38.9 Å². The summed E-state index contributed by atoms with van der Waals surface area (Å²) in [5.74, 6) is -0.206. The van der Waals surface area contributed by atoms with E-state index in [9.17, 15) is 13.2 Å². The highest BCUT2D eigenvalue weighted by Gasteiger charge is 2.39. The summed E-state index contributed by atoms with van der Waals surface area (Å²) in [5, 5.41) is 2.46. The highest BCUT2D eigenvalue weighted by atomic mass is 35.5. The van der Waals surface area contributed by atoms with E-state index in [1.807, 2.05) is 29.3 Å². The second-order valence-electron chi connectivity index (χ2n) is 7.89. The summed E-state index contributed by atoms with van der Waals surface area (Å²) < 4.78 is 27.7. The maximum atomic E-state index is 13.3. The number of carbonyl (C=O) groups excluding carboxylic acids is 1. The van der Waals surface area contributed by atoms with Crippen molar-refractivity contribution in [1.82, 2.24) is 9.21 Å². The quantitative estimate of drug-likeness (QED) is 0.656. The van der Waals surface area contributed by atoms with Crippen molar-refractivity contribution in [1.29, 1.82) is 0 Å². The van der Waals surface area contributed by atoms with Gasteiger partial charge in [0.15, 0.2) is 0 Å². The van der Waals surface area contributed by atoms with E-state index < -0.39 is 10.0 Å². The van der Waals surface area contributed by atoms with Crippen LogP contribution >= 0.6 is 22.9 Å². The Balaban J connectivity index is 1.51. The van der Waals surface area contributed by atoms with Crippen LogP contribution in [-0.4, -0.2) is 42.7 Å². The fraction of sp³-hybridized carbons (Fsp3) is 0.476. The third kappa shape index (κ3) is 4.53. The molecule has 0 radical (unpaired) electrons. The van der Waals surface area contributed by atoms with Crippen LogP contribution in [0.4, 0.5) is 0 Å². The van der Waals surface area contributed by atoms with Crippen LogP contribution in [0.15, 0.2) is 40.6 Å². The van der Waals surface area contributed by atoms with Crippen LogP contribution in [0.5, 0.6) is 0 Å². The van der Waals surface area contributed by atoms with E-state index in [4.69, 9.17) is 11.6 Å². The summed E-state index contributed by atoms with van der Waals surface area (Å²) in [4.78, 5) is 16.6. The number of sulfonamides is 1. The van der Waals surface area contributed by atoms with Crippen molar-refractivity contribution < 1.29 is 13.2 Å². The lowest BCUT2D eigenvalue weighted by molar-refractivity contribution is -0.137. The summed E-state index contributed by atoms with van der Waals surface area (Å²) in [7, 11) is -3.67. The van der Waals surface area contributed by atoms with Crippen molar-refractivity contribution in [2.24, 2.45) is 5.92 Å². The maximum absolute atomic E-state index is 13.3. The van der Waals surface area contributed by atoms with Gasteiger partial charge in [-0.25, -0.2) is 8.42 Å². The van der Waals surface area contributed by atoms with Crippen LogP contribution in [0.2, 0.25) is 5.02 Å². The highest BCUT2D eigenvalue weighted by Crippen LogP contribution is 2.33. The Kier molecular flexibility index (Phi) is 6.02. The van der Waals surface area contributed by atoms with Crippen LogP contribution in [0.1, 0.15) is 36.1 Å². The largest absolute Gasteiger partial charge is 0.334 e. The Morgan fingerprint density at radius 2 is 2.07 bits per heavy atom. The molecule has 29 heavy (non-hydrogen) atoms. The van der Waals surface area contributed by atoms with E-state index in [2.05, 4.69) is 0 Å². The van der Waals surface area contributed by atoms with Gasteiger partial charge in [0.2, 0.25) is 15.9 Å². The van der Waals surface area contributed by atoms with E-state index in [0.717, 1.165) is 24.8 Å². The number of amides is 1. The molecule has 1 aliphatic heterocycles. The Morgan fingerprint density at radius 3 is 2.72 bits per heavy atom. The molecule has 1 aromatic heterocycles. The molecular weight excluding hydrogens is 428 g/mol. The van der Waals surface area contributed by atoms with Gasteiger partial charge in [-0.05, 0) is 61.7 Å². The smallest absolute Gasteiger partial charge is 0.243 e. The Labute approximate surface area is 181 Å². The predicted octanol–water partition coefficient (Wildman–Crippen LogP) is 4.30. The number of carbonyl (C=O) groups is 1. The molecule has 2 heterocycles. The number of hydrogen-bond acceptors (Lipinski definition) is 4. The highest BCUT2D eigenvalue weighted by molar-refractivity contribution is 7.89. The molecule has 2 aromatic rings. The zero-order valence-corrected chi connectivity index (χ0v) is 18.8. The normalized spacial score (nSPS) is 20.6. The first-order valence-electron chi connectivity index (χ1n) is 9.95. The molecule has 1 unspecified atom stereocenters. The second kappa shape index (κ2) is 8.38. The van der Waals surface area contributed by atoms with Gasteiger partial charge in [-0.15, -0.1) is 11.3 Å². The zero-order chi connectivity index (χ0) is 20.6. The molecule has 2 aliphatic rings. The molecule has 1 aliphatic carbocycles. The van der Waals surface area contributed by atoms with E-state index in [0.29, 0.717) is 30.6 Å². The van der Waals surface area contributed by atoms with Gasteiger partial charge in [0.05, 0.1) is 17.4 Å². The van der Waals surface area contributed by atoms with Gasteiger partial charge in [0.1, 0.15) is 0 Å². The summed E-state index contributed by atoms with van der Waals surface area (Å²) in [6.07, 6.45) is 3.49. The number of aryl methyl sites for hydroxylation is 1. The third-order valence-corrected chi connectivity index (χ3v) is 8.82. The van der Waals surface area contributed by atoms with Crippen molar-refractivity contribution in [3.63, 3.8) is 0 Å². The molecule has 0 spiro atoms. The first kappa shape index (κ1) is 20.8. The molecule has 156 valence electrons. The minimum atomic E-state index is -3.67.